The number of ether oxygens (including phenoxy) is 1. The molecule has 0 aliphatic carbocycles. The van der Waals surface area contributed by atoms with Crippen molar-refractivity contribution in [2.75, 3.05) is 19.0 Å². The first-order chi connectivity index (χ1) is 11.6. The van der Waals surface area contributed by atoms with Gasteiger partial charge in [-0.2, -0.15) is 0 Å². The van der Waals surface area contributed by atoms with Crippen LogP contribution in [0.4, 0.5) is 5.69 Å². The summed E-state index contributed by atoms with van der Waals surface area (Å²) in [5.74, 6) is -0.107. The van der Waals surface area contributed by atoms with E-state index in [4.69, 9.17) is 4.74 Å². The molecular weight excluding hydrogens is 304 g/mol. The first kappa shape index (κ1) is 17.7. The fourth-order valence-corrected chi connectivity index (χ4v) is 2.21. The minimum atomic E-state index is -0.107. The van der Waals surface area contributed by atoms with Gasteiger partial charge in [-0.3, -0.25) is 9.59 Å². The van der Waals surface area contributed by atoms with Gasteiger partial charge in [0.1, 0.15) is 0 Å². The number of ketones is 1. The van der Waals surface area contributed by atoms with Gasteiger partial charge >= 0.3 is 0 Å². The molecule has 0 aliphatic heterocycles. The first-order valence-electron chi connectivity index (χ1n) is 7.77. The van der Waals surface area contributed by atoms with E-state index in [9.17, 15) is 9.59 Å². The van der Waals surface area contributed by atoms with E-state index in [1.54, 1.807) is 25.3 Å². The van der Waals surface area contributed by atoms with Crippen LogP contribution < -0.4 is 10.6 Å². The van der Waals surface area contributed by atoms with E-state index in [1.165, 1.54) is 6.92 Å². The predicted molar refractivity (Wildman–Crippen MR) is 93.9 cm³/mol. The average Bonchev–Trinajstić information content (AvgIpc) is 2.60. The summed E-state index contributed by atoms with van der Waals surface area (Å²) >= 11 is 0. The molecule has 0 unspecified atom stereocenters. The third kappa shape index (κ3) is 5.52. The molecule has 0 atom stereocenters. The highest BCUT2D eigenvalue weighted by atomic mass is 16.5. The summed E-state index contributed by atoms with van der Waals surface area (Å²) in [4.78, 5) is 23.3. The number of rotatable bonds is 8. The Morgan fingerprint density at radius 2 is 1.75 bits per heavy atom. The van der Waals surface area contributed by atoms with Gasteiger partial charge < -0.3 is 15.4 Å². The van der Waals surface area contributed by atoms with Crippen LogP contribution in [-0.2, 0) is 22.7 Å². The number of nitrogens with one attached hydrogen (secondary N) is 2. The van der Waals surface area contributed by atoms with Crippen molar-refractivity contribution in [2.45, 2.75) is 20.1 Å². The van der Waals surface area contributed by atoms with Gasteiger partial charge in [0.2, 0.25) is 5.91 Å². The number of carbonyl (C=O) groups excluding carboxylic acids is 2. The van der Waals surface area contributed by atoms with Crippen LogP contribution in [0.3, 0.4) is 0 Å². The number of anilines is 1. The van der Waals surface area contributed by atoms with Crippen LogP contribution in [0, 0.1) is 0 Å². The second kappa shape index (κ2) is 8.84. The molecule has 0 spiro atoms. The van der Waals surface area contributed by atoms with Gasteiger partial charge in [0.05, 0.1) is 13.2 Å². The number of hydrogen-bond donors (Lipinski definition) is 2. The third-order valence-corrected chi connectivity index (χ3v) is 3.55. The highest BCUT2D eigenvalue weighted by Crippen LogP contribution is 2.10. The third-order valence-electron chi connectivity index (χ3n) is 3.55. The number of Topliss-reactive ketones (excluding diaryl/α,β-unsaturated/α-hetero) is 1. The first-order valence-corrected chi connectivity index (χ1v) is 7.77. The fourth-order valence-electron chi connectivity index (χ4n) is 2.21. The van der Waals surface area contributed by atoms with Crippen LogP contribution in [0.15, 0.2) is 48.5 Å². The SMILES string of the molecule is COCc1ccc(CNC(=O)CNc2cccc(C(C)=O)c2)cc1. The summed E-state index contributed by atoms with van der Waals surface area (Å²) in [6.45, 7) is 2.73. The molecule has 5 heteroatoms. The Morgan fingerprint density at radius 3 is 2.42 bits per heavy atom. The Balaban J connectivity index is 1.79. The smallest absolute Gasteiger partial charge is 0.239 e. The summed E-state index contributed by atoms with van der Waals surface area (Å²) < 4.78 is 5.06. The minimum Gasteiger partial charge on any atom is -0.380 e. The van der Waals surface area contributed by atoms with Crippen molar-refractivity contribution in [3.8, 4) is 0 Å². The highest BCUT2D eigenvalue weighted by Gasteiger charge is 2.04. The molecule has 0 saturated heterocycles. The van der Waals surface area contributed by atoms with Crippen LogP contribution in [0.2, 0.25) is 0 Å². The monoisotopic (exact) mass is 326 g/mol. The lowest BCUT2D eigenvalue weighted by Gasteiger charge is -2.09. The largest absolute Gasteiger partial charge is 0.380 e. The van der Waals surface area contributed by atoms with E-state index in [-0.39, 0.29) is 18.2 Å². The second-order valence-corrected chi connectivity index (χ2v) is 5.52. The molecule has 5 nitrogen and oxygen atoms in total. The van der Waals surface area contributed by atoms with Crippen molar-refractivity contribution in [3.05, 3.63) is 65.2 Å². The molecule has 0 aromatic heterocycles. The lowest BCUT2D eigenvalue weighted by molar-refractivity contribution is -0.119. The average molecular weight is 326 g/mol. The Labute approximate surface area is 142 Å². The molecule has 0 bridgehead atoms. The van der Waals surface area contributed by atoms with Crippen molar-refractivity contribution >= 4 is 17.4 Å². The zero-order valence-corrected chi connectivity index (χ0v) is 14.0. The number of benzene rings is 2. The van der Waals surface area contributed by atoms with E-state index in [2.05, 4.69) is 10.6 Å². The van der Waals surface area contributed by atoms with E-state index in [1.807, 2.05) is 30.3 Å². The highest BCUT2D eigenvalue weighted by molar-refractivity contribution is 5.95. The molecular formula is C19H22N2O3. The zero-order valence-electron chi connectivity index (χ0n) is 14.0. The molecule has 2 aromatic carbocycles. The molecule has 0 radical (unpaired) electrons. The maximum Gasteiger partial charge on any atom is 0.239 e. The van der Waals surface area contributed by atoms with Gasteiger partial charge in [0, 0.05) is 24.9 Å². The van der Waals surface area contributed by atoms with Crippen molar-refractivity contribution in [2.24, 2.45) is 0 Å². The van der Waals surface area contributed by atoms with E-state index >= 15 is 0 Å². The maximum absolute atomic E-state index is 11.9. The van der Waals surface area contributed by atoms with Gasteiger partial charge in [-0.25, -0.2) is 0 Å². The molecule has 0 heterocycles. The lowest BCUT2D eigenvalue weighted by atomic mass is 10.1. The van der Waals surface area contributed by atoms with Crippen LogP contribution >= 0.6 is 0 Å². The van der Waals surface area contributed by atoms with Crippen molar-refractivity contribution in [3.63, 3.8) is 0 Å². The van der Waals surface area contributed by atoms with Crippen LogP contribution in [-0.4, -0.2) is 25.3 Å². The fraction of sp³-hybridized carbons (Fsp3) is 0.263. The minimum absolute atomic E-state index is 0.0000198. The predicted octanol–water partition coefficient (Wildman–Crippen LogP) is 2.76. The number of hydrogen-bond acceptors (Lipinski definition) is 4. The topological polar surface area (TPSA) is 67.4 Å². The Kier molecular flexibility index (Phi) is 6.51. The van der Waals surface area contributed by atoms with Gasteiger partial charge in [-0.15, -0.1) is 0 Å². The Morgan fingerprint density at radius 1 is 1.04 bits per heavy atom. The molecule has 2 N–H and O–H groups in total. The van der Waals surface area contributed by atoms with Crippen molar-refractivity contribution in [1.29, 1.82) is 0 Å². The number of carbonyl (C=O) groups is 2. The molecule has 2 aromatic rings. The van der Waals surface area contributed by atoms with Gasteiger partial charge in [0.25, 0.3) is 0 Å². The van der Waals surface area contributed by atoms with Crippen molar-refractivity contribution < 1.29 is 14.3 Å². The molecule has 1 amide bonds. The van der Waals surface area contributed by atoms with Crippen LogP contribution in [0.5, 0.6) is 0 Å². The number of methoxy groups -OCH3 is 1. The lowest BCUT2D eigenvalue weighted by Crippen LogP contribution is -2.29. The standard InChI is InChI=1S/C19H22N2O3/c1-14(22)17-4-3-5-18(10-17)20-12-19(23)21-11-15-6-8-16(9-7-15)13-24-2/h3-10,20H,11-13H2,1-2H3,(H,21,23). The number of amides is 1. The van der Waals surface area contributed by atoms with Gasteiger partial charge in [-0.05, 0) is 30.2 Å². The summed E-state index contributed by atoms with van der Waals surface area (Å²) in [7, 11) is 1.66. The molecule has 126 valence electrons. The second-order valence-electron chi connectivity index (χ2n) is 5.52. The Hall–Kier alpha value is -2.66. The quantitative estimate of drug-likeness (QED) is 0.732. The van der Waals surface area contributed by atoms with Crippen molar-refractivity contribution in [1.82, 2.24) is 5.32 Å². The van der Waals surface area contributed by atoms with Crippen LogP contribution in [0.1, 0.15) is 28.4 Å². The molecule has 0 saturated carbocycles. The van der Waals surface area contributed by atoms with E-state index in [0.29, 0.717) is 18.7 Å². The maximum atomic E-state index is 11.9. The summed E-state index contributed by atoms with van der Waals surface area (Å²) in [6, 6.07) is 15.0. The molecule has 0 aliphatic rings. The normalized spacial score (nSPS) is 10.2. The molecule has 24 heavy (non-hydrogen) atoms. The summed E-state index contributed by atoms with van der Waals surface area (Å²) in [5.41, 5.74) is 3.50. The Bertz CT molecular complexity index is 696. The summed E-state index contributed by atoms with van der Waals surface area (Å²) in [6.07, 6.45) is 0. The van der Waals surface area contributed by atoms with E-state index < -0.39 is 0 Å². The molecule has 2 rings (SSSR count). The van der Waals surface area contributed by atoms with Gasteiger partial charge in [0.15, 0.2) is 5.78 Å². The summed E-state index contributed by atoms with van der Waals surface area (Å²) in [5, 5.41) is 5.88. The van der Waals surface area contributed by atoms with Crippen LogP contribution in [0.25, 0.3) is 0 Å². The molecule has 0 fully saturated rings. The zero-order chi connectivity index (χ0) is 17.4. The van der Waals surface area contributed by atoms with Gasteiger partial charge in [-0.1, -0.05) is 36.4 Å². The van der Waals surface area contributed by atoms with E-state index in [0.717, 1.165) is 16.8 Å².